The first-order valence-electron chi connectivity index (χ1n) is 10.1. The van der Waals surface area contributed by atoms with Crippen molar-refractivity contribution in [2.24, 2.45) is 5.92 Å². The van der Waals surface area contributed by atoms with Gasteiger partial charge in [-0.25, -0.2) is 0 Å². The van der Waals surface area contributed by atoms with E-state index in [2.05, 4.69) is 16.3 Å². The van der Waals surface area contributed by atoms with Gasteiger partial charge in [-0.1, -0.05) is 6.07 Å². The summed E-state index contributed by atoms with van der Waals surface area (Å²) in [6.07, 6.45) is 7.05. The van der Waals surface area contributed by atoms with Gasteiger partial charge in [-0.2, -0.15) is 0 Å². The Bertz CT molecular complexity index is 682. The molecule has 5 heteroatoms. The molecule has 4 rings (SSSR count). The summed E-state index contributed by atoms with van der Waals surface area (Å²) in [5.74, 6) is 0.494. The smallest absolute Gasteiger partial charge is 0.251 e. The average Bonchev–Trinajstić information content (AvgIpc) is 3.40. The third-order valence-corrected chi connectivity index (χ3v) is 6.11. The second-order valence-corrected chi connectivity index (χ2v) is 8.02. The van der Waals surface area contributed by atoms with Crippen LogP contribution in [0.3, 0.4) is 0 Å². The van der Waals surface area contributed by atoms with Crippen LogP contribution in [0.25, 0.3) is 0 Å². The van der Waals surface area contributed by atoms with Gasteiger partial charge in [0.05, 0.1) is 6.54 Å². The van der Waals surface area contributed by atoms with Crippen LogP contribution in [0.2, 0.25) is 0 Å². The molecule has 1 aromatic carbocycles. The van der Waals surface area contributed by atoms with E-state index in [1.165, 1.54) is 43.5 Å². The molecule has 2 fully saturated rings. The van der Waals surface area contributed by atoms with Crippen LogP contribution in [0.1, 0.15) is 47.2 Å². The molecule has 1 atom stereocenters. The number of hydrogen-bond donors (Lipinski definition) is 1. The molecule has 1 aliphatic carbocycles. The van der Waals surface area contributed by atoms with E-state index in [1.807, 2.05) is 17.0 Å². The van der Waals surface area contributed by atoms with Gasteiger partial charge in [-0.15, -0.1) is 0 Å². The zero-order valence-corrected chi connectivity index (χ0v) is 15.5. The third-order valence-electron chi connectivity index (χ3n) is 6.11. The summed E-state index contributed by atoms with van der Waals surface area (Å²) in [6.45, 7) is 5.30. The number of likely N-dealkylation sites (tertiary alicyclic amines) is 2. The Labute approximate surface area is 155 Å². The van der Waals surface area contributed by atoms with Crippen molar-refractivity contribution in [2.75, 3.05) is 39.3 Å². The van der Waals surface area contributed by atoms with Crippen molar-refractivity contribution in [3.8, 4) is 0 Å². The number of carbonyl (C=O) groups is 2. The Kier molecular flexibility index (Phi) is 5.25. The number of carbonyl (C=O) groups excluding carboxylic acids is 2. The SMILES string of the molecule is O=C(NCC(=O)N1CCC(CN2CCCC2)C1)c1ccc2c(c1)CCC2. The Morgan fingerprint density at radius 3 is 2.69 bits per heavy atom. The molecule has 3 aliphatic rings. The molecule has 2 heterocycles. The molecule has 26 heavy (non-hydrogen) atoms. The molecule has 2 aliphatic heterocycles. The van der Waals surface area contributed by atoms with Gasteiger partial charge >= 0.3 is 0 Å². The molecule has 2 amide bonds. The minimum absolute atomic E-state index is 0.0448. The predicted molar refractivity (Wildman–Crippen MR) is 101 cm³/mol. The first-order valence-corrected chi connectivity index (χ1v) is 10.1. The Morgan fingerprint density at radius 2 is 1.85 bits per heavy atom. The molecule has 5 nitrogen and oxygen atoms in total. The van der Waals surface area contributed by atoms with E-state index in [4.69, 9.17) is 0 Å². The van der Waals surface area contributed by atoms with E-state index in [0.717, 1.165) is 38.9 Å². The number of nitrogens with one attached hydrogen (secondary N) is 1. The highest BCUT2D eigenvalue weighted by atomic mass is 16.2. The number of nitrogens with zero attached hydrogens (tertiary/aromatic N) is 2. The van der Waals surface area contributed by atoms with E-state index < -0.39 is 0 Å². The van der Waals surface area contributed by atoms with Crippen molar-refractivity contribution in [1.29, 1.82) is 0 Å². The van der Waals surface area contributed by atoms with Crippen molar-refractivity contribution in [1.82, 2.24) is 15.1 Å². The van der Waals surface area contributed by atoms with Crippen LogP contribution in [0, 0.1) is 5.92 Å². The fourth-order valence-electron chi connectivity index (χ4n) is 4.62. The van der Waals surface area contributed by atoms with Crippen LogP contribution in [-0.4, -0.2) is 60.9 Å². The maximum Gasteiger partial charge on any atom is 0.251 e. The quantitative estimate of drug-likeness (QED) is 0.877. The van der Waals surface area contributed by atoms with Crippen LogP contribution >= 0.6 is 0 Å². The zero-order chi connectivity index (χ0) is 17.9. The molecule has 1 aromatic rings. The molecule has 2 saturated heterocycles. The second kappa shape index (κ2) is 7.78. The third kappa shape index (κ3) is 3.93. The van der Waals surface area contributed by atoms with E-state index in [0.29, 0.717) is 11.5 Å². The minimum atomic E-state index is -0.138. The summed E-state index contributed by atoms with van der Waals surface area (Å²) >= 11 is 0. The molecule has 0 bridgehead atoms. The lowest BCUT2D eigenvalue weighted by Gasteiger charge is -2.20. The average molecular weight is 355 g/mol. The lowest BCUT2D eigenvalue weighted by Crippen LogP contribution is -2.39. The second-order valence-electron chi connectivity index (χ2n) is 8.02. The number of fused-ring (bicyclic) bond motifs is 1. The summed E-state index contributed by atoms with van der Waals surface area (Å²) in [5, 5.41) is 2.81. The molecular weight excluding hydrogens is 326 g/mol. The highest BCUT2D eigenvalue weighted by Gasteiger charge is 2.28. The van der Waals surface area contributed by atoms with Crippen LogP contribution in [0.5, 0.6) is 0 Å². The monoisotopic (exact) mass is 355 g/mol. The minimum Gasteiger partial charge on any atom is -0.343 e. The standard InChI is InChI=1S/C21H29N3O2/c25-20(24-11-8-16(15-24)14-23-9-1-2-10-23)13-22-21(26)19-7-6-17-4-3-5-18(17)12-19/h6-7,12,16H,1-5,8-11,13-15H2,(H,22,26). The molecule has 0 aromatic heterocycles. The Balaban J connectivity index is 1.24. The lowest BCUT2D eigenvalue weighted by molar-refractivity contribution is -0.129. The number of benzene rings is 1. The maximum absolute atomic E-state index is 12.4. The molecule has 0 saturated carbocycles. The largest absolute Gasteiger partial charge is 0.343 e. The zero-order valence-electron chi connectivity index (χ0n) is 15.5. The van der Waals surface area contributed by atoms with Gasteiger partial charge in [0.2, 0.25) is 5.91 Å². The number of aryl methyl sites for hydroxylation is 2. The van der Waals surface area contributed by atoms with Crippen LogP contribution < -0.4 is 5.32 Å². The highest BCUT2D eigenvalue weighted by Crippen LogP contribution is 2.23. The summed E-state index contributed by atoms with van der Waals surface area (Å²) in [5.41, 5.74) is 3.32. The molecule has 1 N–H and O–H groups in total. The normalized spacial score (nSPS) is 22.6. The van der Waals surface area contributed by atoms with E-state index >= 15 is 0 Å². The fourth-order valence-corrected chi connectivity index (χ4v) is 4.62. The van der Waals surface area contributed by atoms with Gasteiger partial charge in [0.1, 0.15) is 0 Å². The lowest BCUT2D eigenvalue weighted by atomic mass is 10.1. The summed E-state index contributed by atoms with van der Waals surface area (Å²) in [6, 6.07) is 5.93. The summed E-state index contributed by atoms with van der Waals surface area (Å²) in [7, 11) is 0. The van der Waals surface area contributed by atoms with Crippen LogP contribution in [0.15, 0.2) is 18.2 Å². The molecule has 140 valence electrons. The van der Waals surface area contributed by atoms with Gasteiger partial charge in [0.15, 0.2) is 0 Å². The summed E-state index contributed by atoms with van der Waals surface area (Å²) in [4.78, 5) is 29.3. The van der Waals surface area contributed by atoms with Crippen molar-refractivity contribution in [2.45, 2.75) is 38.5 Å². The maximum atomic E-state index is 12.4. The van der Waals surface area contributed by atoms with E-state index in [-0.39, 0.29) is 18.4 Å². The van der Waals surface area contributed by atoms with Gasteiger partial charge in [0, 0.05) is 25.2 Å². The van der Waals surface area contributed by atoms with Crippen molar-refractivity contribution in [3.63, 3.8) is 0 Å². The molecule has 1 unspecified atom stereocenters. The number of rotatable bonds is 5. The van der Waals surface area contributed by atoms with Gasteiger partial charge in [-0.05, 0) is 80.8 Å². The van der Waals surface area contributed by atoms with E-state index in [1.54, 1.807) is 0 Å². The fraction of sp³-hybridized carbons (Fsp3) is 0.619. The molecular formula is C21H29N3O2. The predicted octanol–water partition coefficient (Wildman–Crippen LogP) is 1.85. The van der Waals surface area contributed by atoms with Crippen LogP contribution in [0.4, 0.5) is 0 Å². The van der Waals surface area contributed by atoms with Gasteiger partial charge in [-0.3, -0.25) is 9.59 Å². The summed E-state index contributed by atoms with van der Waals surface area (Å²) < 4.78 is 0. The topological polar surface area (TPSA) is 52.7 Å². The van der Waals surface area contributed by atoms with Crippen molar-refractivity contribution in [3.05, 3.63) is 34.9 Å². The first-order chi connectivity index (χ1) is 12.7. The molecule has 0 spiro atoms. The van der Waals surface area contributed by atoms with Crippen molar-refractivity contribution >= 4 is 11.8 Å². The molecule has 0 radical (unpaired) electrons. The Hall–Kier alpha value is -1.88. The van der Waals surface area contributed by atoms with Gasteiger partial charge < -0.3 is 15.1 Å². The van der Waals surface area contributed by atoms with Gasteiger partial charge in [0.25, 0.3) is 5.91 Å². The first kappa shape index (κ1) is 17.5. The van der Waals surface area contributed by atoms with Crippen molar-refractivity contribution < 1.29 is 9.59 Å². The number of amides is 2. The van der Waals surface area contributed by atoms with Crippen LogP contribution in [-0.2, 0) is 17.6 Å². The van der Waals surface area contributed by atoms with E-state index in [9.17, 15) is 9.59 Å². The highest BCUT2D eigenvalue weighted by molar-refractivity contribution is 5.96. The Morgan fingerprint density at radius 1 is 1.04 bits per heavy atom. The number of hydrogen-bond acceptors (Lipinski definition) is 3.